The minimum absolute atomic E-state index is 0.0357. The fourth-order valence-electron chi connectivity index (χ4n) is 3.35. The van der Waals surface area contributed by atoms with Gasteiger partial charge in [0, 0.05) is 30.7 Å². The zero-order valence-electron chi connectivity index (χ0n) is 19.1. The second-order valence-corrected chi connectivity index (χ2v) is 7.68. The van der Waals surface area contributed by atoms with Crippen molar-refractivity contribution in [3.05, 3.63) is 84.8 Å². The van der Waals surface area contributed by atoms with Gasteiger partial charge in [-0.25, -0.2) is 13.8 Å². The van der Waals surface area contributed by atoms with Crippen LogP contribution in [0, 0.1) is 11.6 Å². The van der Waals surface area contributed by atoms with E-state index in [1.165, 1.54) is 23.0 Å². The average molecular weight is 515 g/mol. The number of carbonyl (C=O) groups excluding carboxylic acids is 1. The number of nitrogens with zero attached hydrogens (tertiary/aromatic N) is 4. The van der Waals surface area contributed by atoms with E-state index in [1.54, 1.807) is 13.2 Å². The molecule has 4 aromatic rings. The molecule has 13 heteroatoms. The molecule has 0 spiro atoms. The smallest absolute Gasteiger partial charge is 0.337 e. The fourth-order valence-corrected chi connectivity index (χ4v) is 3.35. The molecule has 0 radical (unpaired) electrons. The normalized spacial score (nSPS) is 11.2. The Bertz CT molecular complexity index is 1480. The summed E-state index contributed by atoms with van der Waals surface area (Å²) < 4.78 is 71.2. The molecule has 0 saturated heterocycles. The molecule has 2 aromatic heterocycles. The zero-order valence-corrected chi connectivity index (χ0v) is 19.1. The highest BCUT2D eigenvalue weighted by Gasteiger charge is 2.35. The zero-order chi connectivity index (χ0) is 26.7. The van der Waals surface area contributed by atoms with Crippen molar-refractivity contribution in [1.29, 1.82) is 0 Å². The number of rotatable bonds is 7. The third-order valence-corrected chi connectivity index (χ3v) is 5.00. The Morgan fingerprint density at radius 3 is 2.49 bits per heavy atom. The molecule has 0 unspecified atom stereocenters. The maximum atomic E-state index is 14.7. The lowest BCUT2D eigenvalue weighted by Crippen LogP contribution is -2.10. The standard InChI is InChI=1S/C24H18F5N7O/c1-3-21(37)32-14-5-7-19(26)20(9-14)34-22-17(16-6-4-13(25)8-18(16)24(27,28)29)11-30-23(35-22)33-15-10-31-36(2)12-15/h3-12H,1H2,2H3,(H,32,37)(H2,30,33,34,35). The summed E-state index contributed by atoms with van der Waals surface area (Å²) in [7, 11) is 1.68. The van der Waals surface area contributed by atoms with Gasteiger partial charge < -0.3 is 16.0 Å². The van der Waals surface area contributed by atoms with E-state index in [9.17, 15) is 26.7 Å². The number of benzene rings is 2. The van der Waals surface area contributed by atoms with Gasteiger partial charge >= 0.3 is 6.18 Å². The van der Waals surface area contributed by atoms with Gasteiger partial charge in [-0.2, -0.15) is 23.3 Å². The summed E-state index contributed by atoms with van der Waals surface area (Å²) in [5.74, 6) is -2.67. The van der Waals surface area contributed by atoms with Crippen molar-refractivity contribution in [2.24, 2.45) is 7.05 Å². The highest BCUT2D eigenvalue weighted by atomic mass is 19.4. The van der Waals surface area contributed by atoms with Crippen molar-refractivity contribution in [1.82, 2.24) is 19.7 Å². The number of alkyl halides is 3. The van der Waals surface area contributed by atoms with Crippen molar-refractivity contribution in [2.45, 2.75) is 6.18 Å². The first-order valence-corrected chi connectivity index (χ1v) is 10.5. The van der Waals surface area contributed by atoms with Gasteiger partial charge in [-0.05, 0) is 42.0 Å². The number of aromatic nitrogens is 4. The number of amides is 1. The number of carbonyl (C=O) groups is 1. The summed E-state index contributed by atoms with van der Waals surface area (Å²) in [6, 6.07) is 5.73. The van der Waals surface area contributed by atoms with Crippen molar-refractivity contribution in [2.75, 3.05) is 16.0 Å². The number of anilines is 5. The van der Waals surface area contributed by atoms with Crippen LogP contribution in [0.25, 0.3) is 11.1 Å². The van der Waals surface area contributed by atoms with Crippen LogP contribution in [0.3, 0.4) is 0 Å². The molecule has 8 nitrogen and oxygen atoms in total. The summed E-state index contributed by atoms with van der Waals surface area (Å²) in [6.45, 7) is 3.34. The van der Waals surface area contributed by atoms with Crippen molar-refractivity contribution in [3.8, 4) is 11.1 Å². The summed E-state index contributed by atoms with van der Waals surface area (Å²) in [4.78, 5) is 20.0. The topological polar surface area (TPSA) is 96.8 Å². The molecule has 4 rings (SSSR count). The van der Waals surface area contributed by atoms with Gasteiger partial charge in [0.2, 0.25) is 11.9 Å². The van der Waals surface area contributed by atoms with E-state index in [0.717, 1.165) is 30.5 Å². The molecule has 37 heavy (non-hydrogen) atoms. The second kappa shape index (κ2) is 10.0. The molecule has 0 fully saturated rings. The lowest BCUT2D eigenvalue weighted by atomic mass is 10.0. The van der Waals surface area contributed by atoms with Gasteiger partial charge in [0.1, 0.15) is 17.5 Å². The van der Waals surface area contributed by atoms with E-state index in [-0.39, 0.29) is 28.7 Å². The Morgan fingerprint density at radius 1 is 1.03 bits per heavy atom. The lowest BCUT2D eigenvalue weighted by molar-refractivity contribution is -0.137. The molecular formula is C24H18F5N7O. The molecule has 0 aliphatic heterocycles. The molecule has 0 aliphatic carbocycles. The van der Waals surface area contributed by atoms with Crippen LogP contribution >= 0.6 is 0 Å². The molecule has 0 aliphatic rings. The molecular weight excluding hydrogens is 497 g/mol. The predicted molar refractivity (Wildman–Crippen MR) is 127 cm³/mol. The van der Waals surface area contributed by atoms with Crippen LogP contribution in [0.2, 0.25) is 0 Å². The summed E-state index contributed by atoms with van der Waals surface area (Å²) in [5.41, 5.74) is -1.40. The van der Waals surface area contributed by atoms with E-state index in [4.69, 9.17) is 0 Å². The minimum Gasteiger partial charge on any atom is -0.337 e. The van der Waals surface area contributed by atoms with Crippen LogP contribution in [0.4, 0.5) is 50.8 Å². The van der Waals surface area contributed by atoms with Crippen LogP contribution in [-0.4, -0.2) is 25.7 Å². The Balaban J connectivity index is 1.83. The van der Waals surface area contributed by atoms with Gasteiger partial charge in [-0.1, -0.05) is 12.6 Å². The number of aryl methyl sites for hydroxylation is 1. The average Bonchev–Trinajstić information content (AvgIpc) is 3.25. The number of halogens is 5. The highest BCUT2D eigenvalue weighted by Crippen LogP contribution is 2.40. The van der Waals surface area contributed by atoms with Gasteiger partial charge in [0.25, 0.3) is 0 Å². The molecule has 0 saturated carbocycles. The SMILES string of the molecule is C=CC(=O)Nc1ccc(F)c(Nc2nc(Nc3cnn(C)c3)ncc2-c2ccc(F)cc2C(F)(F)F)c1. The lowest BCUT2D eigenvalue weighted by Gasteiger charge is -2.17. The molecule has 0 atom stereocenters. The third kappa shape index (κ3) is 5.89. The number of hydrogen-bond acceptors (Lipinski definition) is 6. The first-order chi connectivity index (χ1) is 17.5. The summed E-state index contributed by atoms with van der Waals surface area (Å²) in [5, 5.41) is 12.0. The maximum absolute atomic E-state index is 14.7. The Kier molecular flexibility index (Phi) is 6.87. The minimum atomic E-state index is -4.90. The van der Waals surface area contributed by atoms with E-state index < -0.39 is 34.8 Å². The van der Waals surface area contributed by atoms with Crippen molar-refractivity contribution in [3.63, 3.8) is 0 Å². The molecule has 0 bridgehead atoms. The van der Waals surface area contributed by atoms with Crippen LogP contribution < -0.4 is 16.0 Å². The molecule has 190 valence electrons. The van der Waals surface area contributed by atoms with Gasteiger partial charge in [-0.3, -0.25) is 9.48 Å². The Hall–Kier alpha value is -4.81. The van der Waals surface area contributed by atoms with Crippen LogP contribution in [0.15, 0.2) is 67.6 Å². The first kappa shape index (κ1) is 25.3. The van der Waals surface area contributed by atoms with Gasteiger partial charge in [0.05, 0.1) is 23.1 Å². The van der Waals surface area contributed by atoms with E-state index in [2.05, 4.69) is 37.6 Å². The molecule has 2 aromatic carbocycles. The Morgan fingerprint density at radius 2 is 1.81 bits per heavy atom. The summed E-state index contributed by atoms with van der Waals surface area (Å²) >= 11 is 0. The van der Waals surface area contributed by atoms with Crippen LogP contribution in [0.1, 0.15) is 5.56 Å². The molecule has 3 N–H and O–H groups in total. The first-order valence-electron chi connectivity index (χ1n) is 10.5. The van der Waals surface area contributed by atoms with Crippen molar-refractivity contribution < 1.29 is 26.7 Å². The molecule has 2 heterocycles. The van der Waals surface area contributed by atoms with Crippen LogP contribution in [0.5, 0.6) is 0 Å². The van der Waals surface area contributed by atoms with E-state index in [0.29, 0.717) is 11.8 Å². The van der Waals surface area contributed by atoms with Gasteiger partial charge in [0.15, 0.2) is 0 Å². The van der Waals surface area contributed by atoms with Crippen molar-refractivity contribution >= 4 is 34.7 Å². The monoisotopic (exact) mass is 515 g/mol. The quantitative estimate of drug-likeness (QED) is 0.213. The van der Waals surface area contributed by atoms with Gasteiger partial charge in [-0.15, -0.1) is 0 Å². The molecule has 1 amide bonds. The predicted octanol–water partition coefficient (Wildman–Crippen LogP) is 5.79. The third-order valence-electron chi connectivity index (χ3n) is 5.00. The maximum Gasteiger partial charge on any atom is 0.417 e. The largest absolute Gasteiger partial charge is 0.417 e. The van der Waals surface area contributed by atoms with E-state index >= 15 is 0 Å². The second-order valence-electron chi connectivity index (χ2n) is 7.68. The van der Waals surface area contributed by atoms with E-state index in [1.807, 2.05) is 0 Å². The number of hydrogen-bond donors (Lipinski definition) is 3. The van der Waals surface area contributed by atoms with Crippen LogP contribution in [-0.2, 0) is 18.0 Å². The number of nitrogens with one attached hydrogen (secondary N) is 3. The highest BCUT2D eigenvalue weighted by molar-refractivity contribution is 5.99. The Labute approximate surface area is 206 Å². The summed E-state index contributed by atoms with van der Waals surface area (Å²) in [6.07, 6.45) is 0.289. The fraction of sp³-hybridized carbons (Fsp3) is 0.0833.